The molecule has 50 heavy (non-hydrogen) atoms. The van der Waals surface area contributed by atoms with E-state index in [1.54, 1.807) is 0 Å². The number of fused-ring (bicyclic) bond motifs is 2. The summed E-state index contributed by atoms with van der Waals surface area (Å²) in [7, 11) is 0. The van der Waals surface area contributed by atoms with E-state index in [9.17, 15) is 0 Å². The lowest BCUT2D eigenvalue weighted by Crippen LogP contribution is -2.09. The fourth-order valence-corrected chi connectivity index (χ4v) is 8.04. The molecule has 2 aromatic carbocycles. The SMILES string of the molecule is CCCCCCCCCCCCCc1cc2oc3cc(=NCCCCCCCCCCCC)c(C)cc-3c(-c3c(Cl)cccc3Cl)c2cc1C. The van der Waals surface area contributed by atoms with Crippen molar-refractivity contribution in [2.45, 2.75) is 169 Å². The monoisotopic (exact) mass is 717 g/mol. The van der Waals surface area contributed by atoms with Gasteiger partial charge < -0.3 is 4.42 Å². The van der Waals surface area contributed by atoms with E-state index in [-0.39, 0.29) is 0 Å². The van der Waals surface area contributed by atoms with Crippen LogP contribution in [-0.2, 0) is 6.42 Å². The lowest BCUT2D eigenvalue weighted by Gasteiger charge is -2.19. The Kier molecular flexibility index (Phi) is 18.3. The number of benzene rings is 3. The molecule has 274 valence electrons. The highest BCUT2D eigenvalue weighted by Crippen LogP contribution is 2.46. The summed E-state index contributed by atoms with van der Waals surface area (Å²) in [5, 5.41) is 3.38. The van der Waals surface area contributed by atoms with Crippen molar-refractivity contribution in [2.75, 3.05) is 6.54 Å². The van der Waals surface area contributed by atoms with Crippen molar-refractivity contribution in [2.24, 2.45) is 4.99 Å². The molecule has 0 amide bonds. The van der Waals surface area contributed by atoms with Gasteiger partial charge in [-0.25, -0.2) is 0 Å². The summed E-state index contributed by atoms with van der Waals surface area (Å²) in [5.74, 6) is 0.834. The van der Waals surface area contributed by atoms with Crippen molar-refractivity contribution in [1.82, 2.24) is 0 Å². The van der Waals surface area contributed by atoms with Crippen molar-refractivity contribution in [3.8, 4) is 22.5 Å². The van der Waals surface area contributed by atoms with Crippen LogP contribution in [0.15, 0.2) is 51.9 Å². The van der Waals surface area contributed by atoms with E-state index >= 15 is 0 Å². The quantitative estimate of drug-likeness (QED) is 0.0523. The van der Waals surface area contributed by atoms with Gasteiger partial charge in [0, 0.05) is 44.7 Å². The zero-order valence-electron chi connectivity index (χ0n) is 31.9. The minimum Gasteiger partial charge on any atom is -0.456 e. The first-order chi connectivity index (χ1) is 24.4. The molecule has 0 aromatic heterocycles. The molecular weight excluding hydrogens is 653 g/mol. The van der Waals surface area contributed by atoms with Crippen LogP contribution in [0.3, 0.4) is 0 Å². The van der Waals surface area contributed by atoms with Gasteiger partial charge in [0.25, 0.3) is 0 Å². The molecule has 0 radical (unpaired) electrons. The molecule has 2 aliphatic rings. The summed E-state index contributed by atoms with van der Waals surface area (Å²) in [6, 6.07) is 14.7. The Balaban J connectivity index is 1.48. The summed E-state index contributed by atoms with van der Waals surface area (Å²) in [6.07, 6.45) is 29.3. The molecule has 0 N–H and O–H groups in total. The molecule has 0 spiro atoms. The van der Waals surface area contributed by atoms with Crippen LogP contribution in [0, 0.1) is 13.8 Å². The van der Waals surface area contributed by atoms with E-state index in [2.05, 4.69) is 52.0 Å². The summed E-state index contributed by atoms with van der Waals surface area (Å²) < 4.78 is 6.75. The Labute approximate surface area is 314 Å². The molecular formula is C46H65Cl2NO. The van der Waals surface area contributed by atoms with Crippen LogP contribution < -0.4 is 5.36 Å². The fourth-order valence-electron chi connectivity index (χ4n) is 7.45. The number of hydrogen-bond donors (Lipinski definition) is 0. The summed E-state index contributed by atoms with van der Waals surface area (Å²) in [5.41, 5.74) is 7.64. The van der Waals surface area contributed by atoms with Gasteiger partial charge in [0.05, 0.1) is 5.36 Å². The third-order valence-corrected chi connectivity index (χ3v) is 11.2. The topological polar surface area (TPSA) is 25.5 Å². The third kappa shape index (κ3) is 12.4. The average molecular weight is 719 g/mol. The van der Waals surface area contributed by atoms with E-state index in [1.807, 2.05) is 18.2 Å². The van der Waals surface area contributed by atoms with Gasteiger partial charge in [-0.05, 0) is 80.1 Å². The zero-order chi connectivity index (χ0) is 35.6. The van der Waals surface area contributed by atoms with Gasteiger partial charge in [-0.2, -0.15) is 0 Å². The van der Waals surface area contributed by atoms with Gasteiger partial charge in [0.1, 0.15) is 11.3 Å². The van der Waals surface area contributed by atoms with Gasteiger partial charge in [-0.3, -0.25) is 4.99 Å². The van der Waals surface area contributed by atoms with Crippen molar-refractivity contribution >= 4 is 34.2 Å². The lowest BCUT2D eigenvalue weighted by atomic mass is 9.90. The maximum absolute atomic E-state index is 6.89. The summed E-state index contributed by atoms with van der Waals surface area (Å²) >= 11 is 13.8. The Morgan fingerprint density at radius 2 is 1.08 bits per heavy atom. The predicted octanol–water partition coefficient (Wildman–Crippen LogP) is 15.8. The highest BCUT2D eigenvalue weighted by molar-refractivity contribution is 6.40. The van der Waals surface area contributed by atoms with E-state index in [1.165, 1.54) is 140 Å². The van der Waals surface area contributed by atoms with Gasteiger partial charge in [0.2, 0.25) is 0 Å². The van der Waals surface area contributed by atoms with Crippen molar-refractivity contribution in [3.63, 3.8) is 0 Å². The van der Waals surface area contributed by atoms with Crippen LogP contribution in [-0.4, -0.2) is 6.54 Å². The Morgan fingerprint density at radius 3 is 1.64 bits per heavy atom. The molecule has 0 unspecified atom stereocenters. The minimum atomic E-state index is 0.654. The first kappa shape index (κ1) is 40.5. The molecule has 1 aliphatic heterocycles. The van der Waals surface area contributed by atoms with E-state index in [0.29, 0.717) is 10.0 Å². The normalized spacial score (nSPS) is 12.2. The first-order valence-electron chi connectivity index (χ1n) is 20.4. The molecule has 0 bridgehead atoms. The number of nitrogens with zero attached hydrogens (tertiary/aromatic N) is 1. The second kappa shape index (κ2) is 22.6. The van der Waals surface area contributed by atoms with Crippen LogP contribution in [0.5, 0.6) is 0 Å². The summed E-state index contributed by atoms with van der Waals surface area (Å²) in [6.45, 7) is 9.81. The van der Waals surface area contributed by atoms with E-state index < -0.39 is 0 Å². The molecule has 2 aromatic rings. The molecule has 1 heterocycles. The second-order valence-electron chi connectivity index (χ2n) is 14.8. The number of aryl methyl sites for hydroxylation is 3. The van der Waals surface area contributed by atoms with Crippen LogP contribution in [0.25, 0.3) is 33.4 Å². The molecule has 1 aliphatic carbocycles. The summed E-state index contributed by atoms with van der Waals surface area (Å²) in [4.78, 5) is 5.05. The van der Waals surface area contributed by atoms with E-state index in [0.717, 1.165) is 63.7 Å². The first-order valence-corrected chi connectivity index (χ1v) is 21.2. The lowest BCUT2D eigenvalue weighted by molar-refractivity contribution is 0.549. The smallest absolute Gasteiger partial charge is 0.137 e. The van der Waals surface area contributed by atoms with Gasteiger partial charge >= 0.3 is 0 Å². The molecule has 2 nitrogen and oxygen atoms in total. The molecule has 0 fully saturated rings. The number of halogens is 2. The molecule has 4 heteroatoms. The Hall–Kier alpha value is -2.29. The maximum Gasteiger partial charge on any atom is 0.137 e. The van der Waals surface area contributed by atoms with Crippen molar-refractivity contribution in [1.29, 1.82) is 0 Å². The minimum absolute atomic E-state index is 0.654. The van der Waals surface area contributed by atoms with Crippen LogP contribution in [0.2, 0.25) is 10.0 Å². The standard InChI is InChI=1S/C46H65Cl2NO/c1-5-7-9-11-13-15-17-18-20-22-24-27-37-33-43-38(31-35(37)3)45(46-40(47)28-26-29-41(46)48)39-32-36(4)42(34-44(39)50-43)49-30-25-23-21-19-16-14-12-10-8-6-2/h26,28-29,31-34H,5-25,27,30H2,1-4H3. The van der Waals surface area contributed by atoms with Crippen molar-refractivity contribution in [3.05, 3.63) is 74.6 Å². The van der Waals surface area contributed by atoms with Crippen LogP contribution >= 0.6 is 23.2 Å². The molecule has 4 rings (SSSR count). The predicted molar refractivity (Wildman–Crippen MR) is 220 cm³/mol. The fraction of sp³-hybridized carbons (Fsp3) is 0.587. The molecule has 0 saturated carbocycles. The maximum atomic E-state index is 6.89. The number of hydrogen-bond acceptors (Lipinski definition) is 2. The average Bonchev–Trinajstić information content (AvgIpc) is 3.10. The van der Waals surface area contributed by atoms with Crippen LogP contribution in [0.1, 0.15) is 165 Å². The Bertz CT molecular complexity index is 1600. The molecule has 0 atom stereocenters. The highest BCUT2D eigenvalue weighted by atomic mass is 35.5. The third-order valence-electron chi connectivity index (χ3n) is 10.6. The van der Waals surface area contributed by atoms with Gasteiger partial charge in [0.15, 0.2) is 0 Å². The zero-order valence-corrected chi connectivity index (χ0v) is 33.4. The van der Waals surface area contributed by atoms with Gasteiger partial charge in [-0.1, -0.05) is 165 Å². The van der Waals surface area contributed by atoms with Crippen LogP contribution in [0.4, 0.5) is 0 Å². The largest absolute Gasteiger partial charge is 0.456 e. The number of rotatable bonds is 24. The Morgan fingerprint density at radius 1 is 0.560 bits per heavy atom. The second-order valence-corrected chi connectivity index (χ2v) is 15.6. The highest BCUT2D eigenvalue weighted by Gasteiger charge is 2.22. The molecule has 0 saturated heterocycles. The van der Waals surface area contributed by atoms with Gasteiger partial charge in [-0.15, -0.1) is 0 Å². The van der Waals surface area contributed by atoms with E-state index in [4.69, 9.17) is 32.6 Å². The number of unbranched alkanes of at least 4 members (excludes halogenated alkanes) is 19. The van der Waals surface area contributed by atoms with Crippen molar-refractivity contribution < 1.29 is 4.42 Å².